The third kappa shape index (κ3) is 3.81. The lowest BCUT2D eigenvalue weighted by Crippen LogP contribution is -2.48. The highest BCUT2D eigenvalue weighted by molar-refractivity contribution is 5.05. The van der Waals surface area contributed by atoms with Crippen molar-refractivity contribution >= 4 is 0 Å². The molecular weight excluding hydrogens is 304 g/mol. The zero-order valence-electron chi connectivity index (χ0n) is 18.3. The summed E-state index contributed by atoms with van der Waals surface area (Å²) in [6.07, 6.45) is 10.1. The van der Waals surface area contributed by atoms with Crippen molar-refractivity contribution in [2.24, 2.45) is 10.8 Å². The quantitative estimate of drug-likeness (QED) is 0.631. The Morgan fingerprint density at radius 3 is 1.40 bits per heavy atom. The van der Waals surface area contributed by atoms with E-state index in [2.05, 4.69) is 65.2 Å². The van der Waals surface area contributed by atoms with Gasteiger partial charge in [-0.2, -0.15) is 0 Å². The van der Waals surface area contributed by atoms with E-state index in [1.165, 1.54) is 44.9 Å². The van der Waals surface area contributed by atoms with Gasteiger partial charge in [0.2, 0.25) is 0 Å². The number of rotatable bonds is 2. The highest BCUT2D eigenvalue weighted by Gasteiger charge is 2.51. The SMILES string of the molecule is CC(C)N1C2CCC1C(C)(C)C2.CC(C)N1C2CCC1CC(C)(C)C2. The molecule has 0 aromatic rings. The van der Waals surface area contributed by atoms with Crippen molar-refractivity contribution in [3.63, 3.8) is 0 Å². The van der Waals surface area contributed by atoms with Crippen LogP contribution in [0.1, 0.15) is 100 Å². The minimum Gasteiger partial charge on any atom is -0.295 e. The molecule has 4 atom stereocenters. The Bertz CT molecular complexity index is 449. The maximum absolute atomic E-state index is 2.77. The van der Waals surface area contributed by atoms with Crippen molar-refractivity contribution in [1.29, 1.82) is 0 Å². The Morgan fingerprint density at radius 2 is 1.08 bits per heavy atom. The normalized spacial score (nSPS) is 39.1. The molecule has 0 amide bonds. The Hall–Kier alpha value is -0.0800. The molecule has 4 unspecified atom stereocenters. The lowest BCUT2D eigenvalue weighted by molar-refractivity contribution is 0.0389. The first-order chi connectivity index (χ1) is 11.5. The van der Waals surface area contributed by atoms with Gasteiger partial charge in [-0.15, -0.1) is 0 Å². The molecule has 0 N–H and O–H groups in total. The molecule has 2 heteroatoms. The maximum atomic E-state index is 2.77. The number of hydrogen-bond acceptors (Lipinski definition) is 2. The van der Waals surface area contributed by atoms with Crippen LogP contribution in [0, 0.1) is 10.8 Å². The van der Waals surface area contributed by atoms with Gasteiger partial charge in [-0.1, -0.05) is 27.7 Å². The highest BCUT2D eigenvalue weighted by atomic mass is 15.3. The fraction of sp³-hybridized carbons (Fsp3) is 1.00. The smallest absolute Gasteiger partial charge is 0.0153 e. The standard InChI is InChI=1S/C12H23N.C11H21N/c1-9(2)13-10-5-6-11(13)8-12(3,4)7-10;1-8(2)12-9-5-6-10(12)11(3,4)7-9/h9-11H,5-8H2,1-4H3;8-10H,5-7H2,1-4H3. The molecule has 4 saturated heterocycles. The van der Waals surface area contributed by atoms with Crippen LogP contribution in [0.4, 0.5) is 0 Å². The Labute approximate surface area is 157 Å². The number of hydrogen-bond donors (Lipinski definition) is 0. The van der Waals surface area contributed by atoms with Crippen molar-refractivity contribution in [1.82, 2.24) is 9.80 Å². The lowest BCUT2D eigenvalue weighted by Gasteiger charge is -2.45. The summed E-state index contributed by atoms with van der Waals surface area (Å²) in [5, 5.41) is 0. The summed E-state index contributed by atoms with van der Waals surface area (Å²) in [6.45, 7) is 19.1. The topological polar surface area (TPSA) is 6.48 Å². The van der Waals surface area contributed by atoms with Gasteiger partial charge in [-0.3, -0.25) is 9.80 Å². The van der Waals surface area contributed by atoms with Crippen LogP contribution in [0.5, 0.6) is 0 Å². The van der Waals surface area contributed by atoms with Crippen LogP contribution in [0.15, 0.2) is 0 Å². The molecule has 4 bridgehead atoms. The van der Waals surface area contributed by atoms with Gasteiger partial charge in [-0.25, -0.2) is 0 Å². The second-order valence-electron chi connectivity index (χ2n) is 11.5. The zero-order chi connectivity index (χ0) is 18.6. The minimum absolute atomic E-state index is 0.590. The average molecular weight is 349 g/mol. The molecule has 4 heterocycles. The first kappa shape index (κ1) is 19.7. The Kier molecular flexibility index (Phi) is 5.37. The van der Waals surface area contributed by atoms with Crippen LogP contribution >= 0.6 is 0 Å². The molecule has 2 nitrogen and oxygen atoms in total. The van der Waals surface area contributed by atoms with E-state index < -0.39 is 0 Å². The van der Waals surface area contributed by atoms with Crippen molar-refractivity contribution in [2.75, 3.05) is 0 Å². The van der Waals surface area contributed by atoms with Crippen molar-refractivity contribution < 1.29 is 0 Å². The van der Waals surface area contributed by atoms with Gasteiger partial charge in [0, 0.05) is 36.3 Å². The van der Waals surface area contributed by atoms with Crippen molar-refractivity contribution in [3.05, 3.63) is 0 Å². The summed E-state index contributed by atoms with van der Waals surface area (Å²) in [6, 6.07) is 5.09. The molecule has 4 fully saturated rings. The maximum Gasteiger partial charge on any atom is 0.0153 e. The van der Waals surface area contributed by atoms with Gasteiger partial charge < -0.3 is 0 Å². The molecular formula is C23H44N2. The molecule has 0 aromatic carbocycles. The van der Waals surface area contributed by atoms with Gasteiger partial charge >= 0.3 is 0 Å². The summed E-state index contributed by atoms with van der Waals surface area (Å²) < 4.78 is 0. The van der Waals surface area contributed by atoms with Gasteiger partial charge in [0.1, 0.15) is 0 Å². The fourth-order valence-electron chi connectivity index (χ4n) is 7.03. The van der Waals surface area contributed by atoms with Gasteiger partial charge in [0.15, 0.2) is 0 Å². The van der Waals surface area contributed by atoms with E-state index in [0.717, 1.165) is 36.3 Å². The molecule has 25 heavy (non-hydrogen) atoms. The third-order valence-corrected chi connectivity index (χ3v) is 7.66. The molecule has 4 rings (SSSR count). The first-order valence-electron chi connectivity index (χ1n) is 11.1. The lowest BCUT2D eigenvalue weighted by atomic mass is 9.77. The number of nitrogens with zero attached hydrogens (tertiary/aromatic N) is 2. The van der Waals surface area contributed by atoms with Crippen LogP contribution in [-0.4, -0.2) is 46.1 Å². The fourth-order valence-corrected chi connectivity index (χ4v) is 7.03. The van der Waals surface area contributed by atoms with Crippen molar-refractivity contribution in [3.8, 4) is 0 Å². The van der Waals surface area contributed by atoms with Crippen LogP contribution in [0.25, 0.3) is 0 Å². The van der Waals surface area contributed by atoms with Gasteiger partial charge in [0.05, 0.1) is 0 Å². The molecule has 0 saturated carbocycles. The minimum atomic E-state index is 0.590. The first-order valence-corrected chi connectivity index (χ1v) is 11.1. The molecule has 0 aromatic heterocycles. The summed E-state index contributed by atoms with van der Waals surface area (Å²) in [4.78, 5) is 5.52. The average Bonchev–Trinajstić information content (AvgIpc) is 3.06. The summed E-state index contributed by atoms with van der Waals surface area (Å²) in [7, 11) is 0. The van der Waals surface area contributed by atoms with Gasteiger partial charge in [-0.05, 0) is 83.5 Å². The molecule has 0 aliphatic carbocycles. The van der Waals surface area contributed by atoms with E-state index in [1.807, 2.05) is 0 Å². The second kappa shape index (κ2) is 6.82. The summed E-state index contributed by atoms with van der Waals surface area (Å²) >= 11 is 0. The Morgan fingerprint density at radius 1 is 0.640 bits per heavy atom. The van der Waals surface area contributed by atoms with E-state index in [9.17, 15) is 0 Å². The summed E-state index contributed by atoms with van der Waals surface area (Å²) in [5.74, 6) is 0. The third-order valence-electron chi connectivity index (χ3n) is 7.66. The number of piperidine rings is 1. The van der Waals surface area contributed by atoms with E-state index in [-0.39, 0.29) is 0 Å². The van der Waals surface area contributed by atoms with E-state index in [0.29, 0.717) is 10.8 Å². The van der Waals surface area contributed by atoms with Crippen LogP contribution in [0.2, 0.25) is 0 Å². The largest absolute Gasteiger partial charge is 0.295 e. The second-order valence-corrected chi connectivity index (χ2v) is 11.5. The van der Waals surface area contributed by atoms with E-state index in [4.69, 9.17) is 0 Å². The monoisotopic (exact) mass is 348 g/mol. The molecule has 4 aliphatic heterocycles. The van der Waals surface area contributed by atoms with Crippen LogP contribution in [0.3, 0.4) is 0 Å². The summed E-state index contributed by atoms with van der Waals surface area (Å²) in [5.41, 5.74) is 1.20. The van der Waals surface area contributed by atoms with Crippen molar-refractivity contribution in [2.45, 2.75) is 137 Å². The molecule has 0 radical (unpaired) electrons. The highest BCUT2D eigenvalue weighted by Crippen LogP contribution is 2.50. The molecule has 0 spiro atoms. The van der Waals surface area contributed by atoms with Gasteiger partial charge in [0.25, 0.3) is 0 Å². The molecule has 4 aliphatic rings. The Balaban J connectivity index is 0.000000146. The molecule has 146 valence electrons. The van der Waals surface area contributed by atoms with Crippen LogP contribution in [-0.2, 0) is 0 Å². The predicted molar refractivity (Wildman–Crippen MR) is 109 cm³/mol. The predicted octanol–water partition coefficient (Wildman–Crippen LogP) is 5.71. The number of fused-ring (bicyclic) bond motifs is 4. The van der Waals surface area contributed by atoms with E-state index >= 15 is 0 Å². The van der Waals surface area contributed by atoms with Crippen LogP contribution < -0.4 is 0 Å². The zero-order valence-corrected chi connectivity index (χ0v) is 18.3. The van der Waals surface area contributed by atoms with E-state index in [1.54, 1.807) is 0 Å².